The van der Waals surface area contributed by atoms with Crippen molar-refractivity contribution in [3.8, 4) is 0 Å². The van der Waals surface area contributed by atoms with E-state index in [0.29, 0.717) is 0 Å². The highest BCUT2D eigenvalue weighted by Crippen LogP contribution is 2.62. The second-order valence-corrected chi connectivity index (χ2v) is 4.55. The molecule has 0 rings (SSSR count). The van der Waals surface area contributed by atoms with Gasteiger partial charge in [-0.2, -0.15) is 78.5 Å². The zero-order chi connectivity index (χ0) is 20.2. The zero-order valence-corrected chi connectivity index (χ0v) is 11.2. The first-order chi connectivity index (χ1) is 10.1. The minimum Gasteiger partial charge on any atom is -0.199 e. The Labute approximate surface area is 127 Å². The van der Waals surface area contributed by atoms with E-state index in [1.807, 2.05) is 0 Å². The molecule has 0 aliphatic rings. The standard InChI is InChI=1S/C8H3F15S/c9-2(10,1-24)3(11,12)4(13,14)5(15,16)6(17,18)7(19,20)8(21,22)23/h24H,1H2. The highest BCUT2D eigenvalue weighted by molar-refractivity contribution is 7.80. The van der Waals surface area contributed by atoms with Gasteiger partial charge in [-0.25, -0.2) is 0 Å². The van der Waals surface area contributed by atoms with Crippen LogP contribution in [0.25, 0.3) is 0 Å². The SMILES string of the molecule is FC(F)(F)C(F)(F)C(F)(F)C(F)(F)C(F)(F)C(F)(F)C(F)(F)CS. The Hall–Kier alpha value is -0.700. The summed E-state index contributed by atoms with van der Waals surface area (Å²) in [6.07, 6.45) is -7.59. The van der Waals surface area contributed by atoms with Gasteiger partial charge in [0.1, 0.15) is 0 Å². The Bertz CT molecular complexity index is 461. The molecule has 0 fully saturated rings. The minimum absolute atomic E-state index is 2.37. The predicted octanol–water partition coefficient (Wildman–Crippen LogP) is 5.29. The van der Waals surface area contributed by atoms with Crippen LogP contribution < -0.4 is 0 Å². The van der Waals surface area contributed by atoms with Gasteiger partial charge in [-0.05, 0) is 0 Å². The van der Waals surface area contributed by atoms with Gasteiger partial charge in [0.05, 0.1) is 5.75 Å². The van der Waals surface area contributed by atoms with Crippen LogP contribution in [0.15, 0.2) is 0 Å². The van der Waals surface area contributed by atoms with E-state index < -0.39 is 47.5 Å². The number of alkyl halides is 15. The maximum atomic E-state index is 12.9. The number of hydrogen-bond acceptors (Lipinski definition) is 1. The topological polar surface area (TPSA) is 0 Å². The third kappa shape index (κ3) is 2.77. The van der Waals surface area contributed by atoms with E-state index in [0.717, 1.165) is 0 Å². The van der Waals surface area contributed by atoms with Crippen LogP contribution in [0.5, 0.6) is 0 Å². The lowest BCUT2D eigenvalue weighted by atomic mass is 9.91. The maximum absolute atomic E-state index is 12.9. The van der Waals surface area contributed by atoms with Crippen molar-refractivity contribution < 1.29 is 65.9 Å². The lowest BCUT2D eigenvalue weighted by molar-refractivity contribution is -0.451. The van der Waals surface area contributed by atoms with E-state index in [2.05, 4.69) is 12.6 Å². The molecule has 16 heteroatoms. The smallest absolute Gasteiger partial charge is 0.199 e. The van der Waals surface area contributed by atoms with E-state index in [9.17, 15) is 65.9 Å². The molecule has 0 spiro atoms. The summed E-state index contributed by atoms with van der Waals surface area (Å²) in [5, 5.41) is 0. The Kier molecular flexibility index (Phi) is 5.49. The van der Waals surface area contributed by atoms with E-state index in [4.69, 9.17) is 0 Å². The van der Waals surface area contributed by atoms with Crippen molar-refractivity contribution in [3.05, 3.63) is 0 Å². The Morgan fingerprint density at radius 2 is 0.667 bits per heavy atom. The maximum Gasteiger partial charge on any atom is 0.460 e. The van der Waals surface area contributed by atoms with Crippen molar-refractivity contribution in [2.24, 2.45) is 0 Å². The molecule has 0 aromatic rings. The molecule has 0 saturated carbocycles. The molecule has 0 radical (unpaired) electrons. The van der Waals surface area contributed by atoms with Crippen molar-refractivity contribution >= 4 is 12.6 Å². The second-order valence-electron chi connectivity index (χ2n) is 4.23. The molecular formula is C8H3F15S. The van der Waals surface area contributed by atoms with Gasteiger partial charge in [0, 0.05) is 0 Å². The number of hydrogen-bond donors (Lipinski definition) is 1. The average molecular weight is 416 g/mol. The quantitative estimate of drug-likeness (QED) is 0.442. The van der Waals surface area contributed by atoms with Gasteiger partial charge in [-0.1, -0.05) is 0 Å². The van der Waals surface area contributed by atoms with Crippen molar-refractivity contribution in [3.63, 3.8) is 0 Å². The molecule has 0 aliphatic heterocycles. The monoisotopic (exact) mass is 416 g/mol. The molecule has 0 aromatic carbocycles. The predicted molar refractivity (Wildman–Crippen MR) is 49.6 cm³/mol. The fourth-order valence-corrected chi connectivity index (χ4v) is 1.30. The van der Waals surface area contributed by atoms with Crippen molar-refractivity contribution in [1.82, 2.24) is 0 Å². The van der Waals surface area contributed by atoms with E-state index >= 15 is 0 Å². The van der Waals surface area contributed by atoms with Crippen LogP contribution in [0.1, 0.15) is 0 Å². The number of thiol groups is 1. The molecule has 0 heterocycles. The summed E-state index contributed by atoms with van der Waals surface area (Å²) in [7, 11) is 0. The van der Waals surface area contributed by atoms with Gasteiger partial charge in [0.2, 0.25) is 0 Å². The lowest BCUT2D eigenvalue weighted by Crippen LogP contribution is -2.72. The van der Waals surface area contributed by atoms with E-state index in [1.54, 1.807) is 0 Å². The van der Waals surface area contributed by atoms with E-state index in [-0.39, 0.29) is 0 Å². The number of halogens is 15. The Balaban J connectivity index is 6.42. The molecule has 24 heavy (non-hydrogen) atoms. The summed E-state index contributed by atoms with van der Waals surface area (Å²) in [4.78, 5) is 0. The normalized spacial score (nSPS) is 16.5. The van der Waals surface area contributed by atoms with E-state index in [1.165, 1.54) is 0 Å². The molecule has 0 bridgehead atoms. The summed E-state index contributed by atoms with van der Waals surface area (Å²) >= 11 is 2.37. The molecule has 0 saturated heterocycles. The van der Waals surface area contributed by atoms with Crippen molar-refractivity contribution in [2.45, 2.75) is 41.7 Å². The van der Waals surface area contributed by atoms with Crippen LogP contribution in [0.3, 0.4) is 0 Å². The Morgan fingerprint density at radius 1 is 0.417 bits per heavy atom. The lowest BCUT2D eigenvalue weighted by Gasteiger charge is -2.41. The summed E-state index contributed by atoms with van der Waals surface area (Å²) in [6.45, 7) is 0. The van der Waals surface area contributed by atoms with Crippen LogP contribution in [0.4, 0.5) is 65.9 Å². The highest BCUT2D eigenvalue weighted by Gasteiger charge is 2.93. The summed E-state index contributed by atoms with van der Waals surface area (Å²) in [5.41, 5.74) is 0. The van der Waals surface area contributed by atoms with Crippen LogP contribution in [-0.2, 0) is 0 Å². The van der Waals surface area contributed by atoms with Crippen LogP contribution in [0.2, 0.25) is 0 Å². The van der Waals surface area contributed by atoms with Crippen molar-refractivity contribution in [1.29, 1.82) is 0 Å². The van der Waals surface area contributed by atoms with Gasteiger partial charge in [-0.3, -0.25) is 0 Å². The molecule has 0 N–H and O–H groups in total. The molecule has 0 atom stereocenters. The Morgan fingerprint density at radius 3 is 0.917 bits per heavy atom. The number of rotatable bonds is 6. The largest absolute Gasteiger partial charge is 0.460 e. The third-order valence-corrected chi connectivity index (χ3v) is 2.99. The molecule has 0 aromatic heterocycles. The van der Waals surface area contributed by atoms with Crippen molar-refractivity contribution in [2.75, 3.05) is 5.75 Å². The van der Waals surface area contributed by atoms with Crippen LogP contribution in [-0.4, -0.2) is 47.5 Å². The molecule has 0 nitrogen and oxygen atoms in total. The van der Waals surface area contributed by atoms with Crippen LogP contribution >= 0.6 is 12.6 Å². The van der Waals surface area contributed by atoms with Gasteiger partial charge in [-0.15, -0.1) is 0 Å². The minimum atomic E-state index is -8.23. The second kappa shape index (κ2) is 5.65. The molecule has 0 unspecified atom stereocenters. The van der Waals surface area contributed by atoms with Gasteiger partial charge < -0.3 is 0 Å². The van der Waals surface area contributed by atoms with Crippen LogP contribution in [0, 0.1) is 0 Å². The van der Waals surface area contributed by atoms with Gasteiger partial charge >= 0.3 is 41.7 Å². The average Bonchev–Trinajstić information content (AvgIpc) is 2.36. The van der Waals surface area contributed by atoms with Gasteiger partial charge in [0.15, 0.2) is 0 Å². The zero-order valence-electron chi connectivity index (χ0n) is 10.3. The summed E-state index contributed by atoms with van der Waals surface area (Å²) in [6, 6.07) is 0. The molecule has 0 aliphatic carbocycles. The molecule has 146 valence electrons. The fraction of sp³-hybridized carbons (Fsp3) is 1.00. The van der Waals surface area contributed by atoms with Gasteiger partial charge in [0.25, 0.3) is 0 Å². The summed E-state index contributed by atoms with van der Waals surface area (Å²) < 4.78 is 187. The highest BCUT2D eigenvalue weighted by atomic mass is 32.1. The first-order valence-corrected chi connectivity index (χ1v) is 5.64. The molecular weight excluding hydrogens is 413 g/mol. The third-order valence-electron chi connectivity index (χ3n) is 2.59. The summed E-state index contributed by atoms with van der Waals surface area (Å²) in [5.74, 6) is -48.7. The first kappa shape index (κ1) is 23.3. The fourth-order valence-electron chi connectivity index (χ4n) is 1.10. The molecule has 0 amide bonds. The first-order valence-electron chi connectivity index (χ1n) is 5.00.